The van der Waals surface area contributed by atoms with Gasteiger partial charge in [0.25, 0.3) is 0 Å². The summed E-state index contributed by atoms with van der Waals surface area (Å²) < 4.78 is 5.27. The summed E-state index contributed by atoms with van der Waals surface area (Å²) in [7, 11) is 0. The molecular formula is C17H22Br2N2O2. The van der Waals surface area contributed by atoms with Crippen LogP contribution in [0.3, 0.4) is 0 Å². The van der Waals surface area contributed by atoms with Gasteiger partial charge in [0.1, 0.15) is 5.75 Å². The summed E-state index contributed by atoms with van der Waals surface area (Å²) in [5, 5.41) is 4.31. The summed E-state index contributed by atoms with van der Waals surface area (Å²) in [6.45, 7) is 6.72. The van der Waals surface area contributed by atoms with Gasteiger partial charge in [0.05, 0.1) is 21.0 Å². The van der Waals surface area contributed by atoms with Gasteiger partial charge in [0, 0.05) is 0 Å². The van der Waals surface area contributed by atoms with E-state index in [1.807, 2.05) is 38.1 Å². The van der Waals surface area contributed by atoms with E-state index in [1.54, 1.807) is 0 Å². The predicted octanol–water partition coefficient (Wildman–Crippen LogP) is 4.60. The molecule has 6 heteroatoms. The number of nitrogens with zero attached hydrogens (tertiary/aromatic N) is 1. The van der Waals surface area contributed by atoms with Crippen LogP contribution < -0.4 is 10.2 Å². The molecule has 0 radical (unpaired) electrons. The number of halogens is 2. The molecule has 2 rings (SSSR count). The van der Waals surface area contributed by atoms with Crippen molar-refractivity contribution in [3.05, 3.63) is 29.8 Å². The zero-order valence-electron chi connectivity index (χ0n) is 13.7. The van der Waals surface area contributed by atoms with E-state index in [2.05, 4.69) is 49.3 Å². The molecule has 126 valence electrons. The van der Waals surface area contributed by atoms with Crippen molar-refractivity contribution in [2.75, 3.05) is 6.61 Å². The van der Waals surface area contributed by atoms with Crippen LogP contribution in [0.15, 0.2) is 29.4 Å². The number of hydrogen-bond donors (Lipinski definition) is 1. The van der Waals surface area contributed by atoms with Gasteiger partial charge in [-0.05, 0) is 56.0 Å². The Hall–Kier alpha value is -0.880. The largest absolute Gasteiger partial charge is 0.494 e. The van der Waals surface area contributed by atoms with Crippen LogP contribution in [0.4, 0.5) is 0 Å². The Morgan fingerprint density at radius 1 is 1.30 bits per heavy atom. The fraction of sp³-hybridized carbons (Fsp3) is 0.529. The van der Waals surface area contributed by atoms with Crippen LogP contribution in [0.25, 0.3) is 0 Å². The van der Waals surface area contributed by atoms with E-state index in [1.165, 1.54) is 0 Å². The van der Waals surface area contributed by atoms with E-state index in [9.17, 15) is 4.79 Å². The van der Waals surface area contributed by atoms with Gasteiger partial charge in [-0.15, -0.1) is 0 Å². The smallest absolute Gasteiger partial charge is 0.248 e. The maximum atomic E-state index is 12.3. The number of carbonyl (C=O) groups is 1. The monoisotopic (exact) mass is 444 g/mol. The fourth-order valence-corrected chi connectivity index (χ4v) is 3.68. The molecule has 0 unspecified atom stereocenters. The van der Waals surface area contributed by atoms with Crippen LogP contribution >= 0.6 is 31.9 Å². The van der Waals surface area contributed by atoms with Gasteiger partial charge in [0.2, 0.25) is 5.91 Å². The Morgan fingerprint density at radius 3 is 2.39 bits per heavy atom. The average Bonchev–Trinajstić information content (AvgIpc) is 3.06. The molecule has 0 aliphatic heterocycles. The van der Waals surface area contributed by atoms with Crippen molar-refractivity contribution in [3.8, 4) is 5.75 Å². The summed E-state index contributed by atoms with van der Waals surface area (Å²) in [4.78, 5) is 12.3. The Kier molecular flexibility index (Phi) is 5.89. The SMILES string of the molecule is CCCOc1ccc(C(CC)=NNC(=O)[C@@]2(C)CC2(Br)Br)cc1. The summed E-state index contributed by atoms with van der Waals surface area (Å²) in [5.74, 6) is 0.768. The summed E-state index contributed by atoms with van der Waals surface area (Å²) in [5.41, 5.74) is 4.07. The number of amides is 1. The van der Waals surface area contributed by atoms with Crippen LogP contribution in [0.1, 0.15) is 45.6 Å². The maximum absolute atomic E-state index is 12.3. The van der Waals surface area contributed by atoms with Gasteiger partial charge in [0.15, 0.2) is 0 Å². The normalized spacial score (nSPS) is 22.6. The minimum atomic E-state index is -0.465. The first-order valence-electron chi connectivity index (χ1n) is 7.82. The highest BCUT2D eigenvalue weighted by molar-refractivity contribution is 9.25. The summed E-state index contributed by atoms with van der Waals surface area (Å²) in [6, 6.07) is 7.81. The molecule has 1 N–H and O–H groups in total. The lowest BCUT2D eigenvalue weighted by Crippen LogP contribution is -2.30. The molecule has 1 aromatic rings. The molecule has 4 nitrogen and oxygen atoms in total. The summed E-state index contributed by atoms with van der Waals surface area (Å²) >= 11 is 7.00. The number of carbonyl (C=O) groups excluding carboxylic acids is 1. The van der Waals surface area contributed by atoms with Gasteiger partial charge >= 0.3 is 0 Å². The molecule has 1 aliphatic rings. The fourth-order valence-electron chi connectivity index (χ4n) is 2.20. The van der Waals surface area contributed by atoms with Crippen molar-refractivity contribution in [3.63, 3.8) is 0 Å². The van der Waals surface area contributed by atoms with E-state index in [4.69, 9.17) is 4.74 Å². The standard InChI is InChI=1S/C17H22Br2N2O2/c1-4-10-23-13-8-6-12(7-9-13)14(5-2)20-21-15(22)16(3)11-17(16,18)19/h6-9H,4-5,10-11H2,1-3H3,(H,21,22)/t16-/m1/s1. The van der Waals surface area contributed by atoms with Gasteiger partial charge in [-0.1, -0.05) is 45.7 Å². The van der Waals surface area contributed by atoms with Crippen LogP contribution in [0.5, 0.6) is 5.75 Å². The number of ether oxygens (including phenoxy) is 1. The molecule has 0 saturated heterocycles. The number of benzene rings is 1. The highest BCUT2D eigenvalue weighted by Crippen LogP contribution is 2.66. The zero-order valence-corrected chi connectivity index (χ0v) is 16.8. The molecule has 0 bridgehead atoms. The predicted molar refractivity (Wildman–Crippen MR) is 101 cm³/mol. The first-order chi connectivity index (χ1) is 10.8. The van der Waals surface area contributed by atoms with Crippen LogP contribution in [0, 0.1) is 5.41 Å². The second-order valence-corrected chi connectivity index (χ2v) is 9.71. The number of hydrazone groups is 1. The zero-order chi connectivity index (χ0) is 17.1. The number of hydrogen-bond acceptors (Lipinski definition) is 3. The quantitative estimate of drug-likeness (QED) is 0.378. The molecule has 0 spiro atoms. The van der Waals surface area contributed by atoms with Crippen molar-refractivity contribution in [1.29, 1.82) is 0 Å². The molecule has 0 aromatic heterocycles. The molecule has 1 saturated carbocycles. The van der Waals surface area contributed by atoms with E-state index in [-0.39, 0.29) is 9.14 Å². The number of rotatable bonds is 7. The second-order valence-electron chi connectivity index (χ2n) is 5.94. The van der Waals surface area contributed by atoms with Crippen LogP contribution in [0.2, 0.25) is 0 Å². The lowest BCUT2D eigenvalue weighted by molar-refractivity contribution is -0.125. The highest BCUT2D eigenvalue weighted by Gasteiger charge is 2.66. The van der Waals surface area contributed by atoms with Crippen LogP contribution in [-0.2, 0) is 4.79 Å². The first-order valence-corrected chi connectivity index (χ1v) is 9.40. The van der Waals surface area contributed by atoms with Crippen LogP contribution in [-0.4, -0.2) is 21.5 Å². The third kappa shape index (κ3) is 4.15. The van der Waals surface area contributed by atoms with E-state index in [0.29, 0.717) is 6.61 Å². The van der Waals surface area contributed by atoms with Crippen molar-refractivity contribution in [1.82, 2.24) is 5.43 Å². The summed E-state index contributed by atoms with van der Waals surface area (Å²) in [6.07, 6.45) is 2.46. The second kappa shape index (κ2) is 7.34. The van der Waals surface area contributed by atoms with Gasteiger partial charge in [-0.25, -0.2) is 5.43 Å². The lowest BCUT2D eigenvalue weighted by atomic mass is 10.1. The van der Waals surface area contributed by atoms with Crippen molar-refractivity contribution in [2.24, 2.45) is 10.5 Å². The van der Waals surface area contributed by atoms with E-state index < -0.39 is 5.41 Å². The molecule has 1 aliphatic carbocycles. The third-order valence-corrected chi connectivity index (χ3v) is 6.36. The van der Waals surface area contributed by atoms with Crippen molar-refractivity contribution in [2.45, 2.75) is 43.3 Å². The Labute approximate surface area is 154 Å². The minimum absolute atomic E-state index is 0.0832. The van der Waals surface area contributed by atoms with Gasteiger partial charge < -0.3 is 4.74 Å². The molecule has 1 aromatic carbocycles. The lowest BCUT2D eigenvalue weighted by Gasteiger charge is -2.12. The van der Waals surface area contributed by atoms with E-state index in [0.717, 1.165) is 36.3 Å². The molecule has 1 amide bonds. The van der Waals surface area contributed by atoms with Gasteiger partial charge in [-0.3, -0.25) is 4.79 Å². The van der Waals surface area contributed by atoms with Crippen molar-refractivity contribution < 1.29 is 9.53 Å². The third-order valence-electron chi connectivity index (χ3n) is 4.05. The minimum Gasteiger partial charge on any atom is -0.494 e. The Bertz CT molecular complexity index is 599. The molecule has 1 fully saturated rings. The maximum Gasteiger partial charge on any atom is 0.248 e. The molecule has 1 atom stereocenters. The first kappa shape index (κ1) is 18.5. The number of nitrogens with one attached hydrogen (secondary N) is 1. The Morgan fingerprint density at radius 2 is 1.91 bits per heavy atom. The average molecular weight is 446 g/mol. The Balaban J connectivity index is 2.03. The van der Waals surface area contributed by atoms with Crippen molar-refractivity contribution >= 4 is 43.5 Å². The highest BCUT2D eigenvalue weighted by atomic mass is 79.9. The molecule has 23 heavy (non-hydrogen) atoms. The van der Waals surface area contributed by atoms with E-state index >= 15 is 0 Å². The van der Waals surface area contributed by atoms with Gasteiger partial charge in [-0.2, -0.15) is 5.10 Å². The topological polar surface area (TPSA) is 50.7 Å². The molecular weight excluding hydrogens is 424 g/mol. The molecule has 0 heterocycles. The number of alkyl halides is 2.